The van der Waals surface area contributed by atoms with Crippen molar-refractivity contribution in [2.75, 3.05) is 18.4 Å². The second-order valence-electron chi connectivity index (χ2n) is 8.51. The van der Waals surface area contributed by atoms with E-state index in [1.807, 2.05) is 6.07 Å². The second kappa shape index (κ2) is 8.44. The number of sulfonamides is 1. The van der Waals surface area contributed by atoms with Crippen molar-refractivity contribution >= 4 is 33.2 Å². The van der Waals surface area contributed by atoms with Crippen LogP contribution in [0.3, 0.4) is 0 Å². The number of nitrogens with zero attached hydrogens (tertiary/aromatic N) is 2. The third kappa shape index (κ3) is 4.21. The molecule has 33 heavy (non-hydrogen) atoms. The molecule has 3 aromatic rings. The van der Waals surface area contributed by atoms with Crippen LogP contribution in [0.25, 0.3) is 0 Å². The van der Waals surface area contributed by atoms with Crippen LogP contribution < -0.4 is 10.9 Å². The van der Waals surface area contributed by atoms with Crippen LogP contribution in [-0.2, 0) is 16.6 Å². The number of amides is 1. The molecule has 2 bridgehead atoms. The molecule has 3 heterocycles. The maximum absolute atomic E-state index is 13.3. The predicted molar refractivity (Wildman–Crippen MR) is 126 cm³/mol. The van der Waals surface area contributed by atoms with Crippen LogP contribution in [0.4, 0.5) is 5.69 Å². The Labute approximate surface area is 196 Å². The van der Waals surface area contributed by atoms with E-state index in [1.54, 1.807) is 53.1 Å². The minimum atomic E-state index is -3.70. The molecular formula is C24H22ClN3O4S. The zero-order valence-corrected chi connectivity index (χ0v) is 19.2. The zero-order chi connectivity index (χ0) is 23.2. The van der Waals surface area contributed by atoms with Gasteiger partial charge >= 0.3 is 0 Å². The molecule has 2 aliphatic heterocycles. The molecule has 170 valence electrons. The lowest BCUT2D eigenvalue weighted by molar-refractivity contribution is 0.102. The van der Waals surface area contributed by atoms with Crippen molar-refractivity contribution in [3.05, 3.63) is 93.4 Å². The van der Waals surface area contributed by atoms with Crippen LogP contribution in [0.1, 0.15) is 28.4 Å². The summed E-state index contributed by atoms with van der Waals surface area (Å²) < 4.78 is 30.0. The van der Waals surface area contributed by atoms with E-state index in [-0.39, 0.29) is 28.2 Å². The lowest BCUT2D eigenvalue weighted by Gasteiger charge is -2.42. The first-order valence-corrected chi connectivity index (χ1v) is 12.5. The van der Waals surface area contributed by atoms with Gasteiger partial charge in [-0.1, -0.05) is 17.7 Å². The monoisotopic (exact) mass is 483 g/mol. The highest BCUT2D eigenvalue weighted by atomic mass is 35.5. The van der Waals surface area contributed by atoms with E-state index in [9.17, 15) is 18.0 Å². The van der Waals surface area contributed by atoms with Crippen molar-refractivity contribution in [1.82, 2.24) is 8.87 Å². The molecule has 0 saturated carbocycles. The number of piperidine rings is 1. The minimum absolute atomic E-state index is 0.000822. The van der Waals surface area contributed by atoms with Crippen LogP contribution in [0.5, 0.6) is 0 Å². The summed E-state index contributed by atoms with van der Waals surface area (Å²) >= 11 is 5.86. The number of carbonyl (C=O) groups is 1. The normalized spacial score (nSPS) is 20.2. The summed E-state index contributed by atoms with van der Waals surface area (Å²) in [5.74, 6) is -0.205. The number of pyridine rings is 1. The van der Waals surface area contributed by atoms with Gasteiger partial charge in [0.1, 0.15) is 0 Å². The van der Waals surface area contributed by atoms with Gasteiger partial charge in [-0.2, -0.15) is 4.31 Å². The number of benzene rings is 2. The van der Waals surface area contributed by atoms with Crippen LogP contribution >= 0.6 is 11.6 Å². The van der Waals surface area contributed by atoms with Crippen molar-refractivity contribution in [3.63, 3.8) is 0 Å². The first-order chi connectivity index (χ1) is 15.8. The van der Waals surface area contributed by atoms with Gasteiger partial charge in [-0.3, -0.25) is 9.59 Å². The molecule has 0 aliphatic carbocycles. The number of carbonyl (C=O) groups excluding carboxylic acids is 1. The summed E-state index contributed by atoms with van der Waals surface area (Å²) in [7, 11) is -3.70. The number of hydrogen-bond acceptors (Lipinski definition) is 4. The average Bonchev–Trinajstić information content (AvgIpc) is 2.80. The quantitative estimate of drug-likeness (QED) is 0.614. The van der Waals surface area contributed by atoms with Gasteiger partial charge in [-0.25, -0.2) is 8.42 Å². The summed E-state index contributed by atoms with van der Waals surface area (Å²) in [5, 5.41) is 3.30. The molecule has 1 amide bonds. The largest absolute Gasteiger partial charge is 0.322 e. The first kappa shape index (κ1) is 21.9. The molecule has 2 aromatic carbocycles. The van der Waals surface area contributed by atoms with Crippen LogP contribution in [0.2, 0.25) is 5.02 Å². The number of rotatable bonds is 4. The predicted octanol–water partition coefficient (Wildman–Crippen LogP) is 3.56. The van der Waals surface area contributed by atoms with E-state index in [2.05, 4.69) is 5.32 Å². The van der Waals surface area contributed by atoms with Crippen LogP contribution in [0, 0.1) is 5.92 Å². The average molecular weight is 484 g/mol. The Morgan fingerprint density at radius 3 is 2.39 bits per heavy atom. The Bertz CT molecular complexity index is 1370. The number of anilines is 1. The number of fused-ring (bicyclic) bond motifs is 4. The van der Waals surface area contributed by atoms with Gasteiger partial charge in [0.2, 0.25) is 10.0 Å². The SMILES string of the molecule is O=C(Nc1ccc(S(=O)(=O)N2CC3CC(C2)c2cccc(=O)n2C3)cc1)c1ccc(Cl)cc1. The van der Waals surface area contributed by atoms with E-state index in [1.165, 1.54) is 16.4 Å². The molecule has 1 N–H and O–H groups in total. The lowest BCUT2D eigenvalue weighted by atomic mass is 9.84. The van der Waals surface area contributed by atoms with E-state index in [0.29, 0.717) is 35.9 Å². The summed E-state index contributed by atoms with van der Waals surface area (Å²) in [4.78, 5) is 24.8. The van der Waals surface area contributed by atoms with Crippen LogP contribution in [0.15, 0.2) is 76.4 Å². The number of aromatic nitrogens is 1. The molecule has 1 aromatic heterocycles. The second-order valence-corrected chi connectivity index (χ2v) is 10.9. The van der Waals surface area contributed by atoms with E-state index in [0.717, 1.165) is 12.1 Å². The highest BCUT2D eigenvalue weighted by molar-refractivity contribution is 7.89. The Hall–Kier alpha value is -2.94. The van der Waals surface area contributed by atoms with Crippen molar-refractivity contribution in [3.8, 4) is 0 Å². The van der Waals surface area contributed by atoms with Crippen molar-refractivity contribution in [2.24, 2.45) is 5.92 Å². The summed E-state index contributed by atoms with van der Waals surface area (Å²) in [6.45, 7) is 1.26. The van der Waals surface area contributed by atoms with Gasteiger partial charge in [-0.05, 0) is 66.9 Å². The van der Waals surface area contributed by atoms with Gasteiger partial charge in [0.05, 0.1) is 4.90 Å². The maximum Gasteiger partial charge on any atom is 0.255 e. The zero-order valence-electron chi connectivity index (χ0n) is 17.6. The molecule has 7 nitrogen and oxygen atoms in total. The molecule has 0 radical (unpaired) electrons. The third-order valence-electron chi connectivity index (χ3n) is 6.30. The Morgan fingerprint density at radius 1 is 0.939 bits per heavy atom. The van der Waals surface area contributed by atoms with Crippen molar-refractivity contribution in [1.29, 1.82) is 0 Å². The lowest BCUT2D eigenvalue weighted by Crippen LogP contribution is -2.48. The van der Waals surface area contributed by atoms with Gasteiger partial charge in [0.15, 0.2) is 0 Å². The molecule has 5 rings (SSSR count). The van der Waals surface area contributed by atoms with Crippen LogP contribution in [-0.4, -0.2) is 36.3 Å². The molecule has 2 aliphatic rings. The van der Waals surface area contributed by atoms with Crippen molar-refractivity contribution < 1.29 is 13.2 Å². The van der Waals surface area contributed by atoms with Gasteiger partial charge in [0, 0.05) is 53.6 Å². The first-order valence-electron chi connectivity index (χ1n) is 10.7. The van der Waals surface area contributed by atoms with E-state index >= 15 is 0 Å². The van der Waals surface area contributed by atoms with Gasteiger partial charge < -0.3 is 9.88 Å². The highest BCUT2D eigenvalue weighted by Gasteiger charge is 2.39. The number of halogens is 1. The van der Waals surface area contributed by atoms with Crippen molar-refractivity contribution in [2.45, 2.75) is 23.8 Å². The third-order valence-corrected chi connectivity index (χ3v) is 8.40. The summed E-state index contributed by atoms with van der Waals surface area (Å²) in [6.07, 6.45) is 0.880. The molecule has 9 heteroatoms. The fraction of sp³-hybridized carbons (Fsp3) is 0.250. The topological polar surface area (TPSA) is 88.5 Å². The summed E-state index contributed by atoms with van der Waals surface area (Å²) in [6, 6.07) is 17.9. The molecule has 0 spiro atoms. The number of hydrogen-bond donors (Lipinski definition) is 1. The fourth-order valence-corrected chi connectivity index (χ4v) is 6.40. The maximum atomic E-state index is 13.3. The standard InChI is InChI=1S/C24H22ClN3O4S/c25-19-6-4-17(5-7-19)24(30)26-20-8-10-21(11-9-20)33(31,32)27-13-16-12-18(15-27)22-2-1-3-23(29)28(22)14-16/h1-11,16,18H,12-15H2,(H,26,30). The van der Waals surface area contributed by atoms with Gasteiger partial charge in [0.25, 0.3) is 11.5 Å². The molecule has 2 unspecified atom stereocenters. The smallest absolute Gasteiger partial charge is 0.255 e. The minimum Gasteiger partial charge on any atom is -0.322 e. The van der Waals surface area contributed by atoms with Gasteiger partial charge in [-0.15, -0.1) is 0 Å². The molecule has 1 saturated heterocycles. The number of nitrogens with one attached hydrogen (secondary N) is 1. The Balaban J connectivity index is 1.33. The molecular weight excluding hydrogens is 462 g/mol. The summed E-state index contributed by atoms with van der Waals surface area (Å²) in [5.41, 5.74) is 1.82. The Kier molecular flexibility index (Phi) is 5.60. The fourth-order valence-electron chi connectivity index (χ4n) is 4.71. The molecule has 1 fully saturated rings. The molecule has 2 atom stereocenters. The Morgan fingerprint density at radius 2 is 1.67 bits per heavy atom. The van der Waals surface area contributed by atoms with E-state index in [4.69, 9.17) is 11.6 Å². The van der Waals surface area contributed by atoms with E-state index < -0.39 is 10.0 Å². The highest BCUT2D eigenvalue weighted by Crippen LogP contribution is 2.37.